The molecule has 0 N–H and O–H groups in total. The molecule has 0 unspecified atom stereocenters. The first-order chi connectivity index (χ1) is 10.2. The Labute approximate surface area is 126 Å². The molecule has 1 aliphatic rings. The van der Waals surface area contributed by atoms with E-state index in [2.05, 4.69) is 15.4 Å². The van der Waals surface area contributed by atoms with Crippen LogP contribution in [0, 0.1) is 0 Å². The van der Waals surface area contributed by atoms with E-state index in [0.29, 0.717) is 37.2 Å². The van der Waals surface area contributed by atoms with Crippen molar-refractivity contribution in [2.24, 2.45) is 0 Å². The number of hydrogen-bond donors (Lipinski definition) is 0. The molecule has 0 aliphatic carbocycles. The van der Waals surface area contributed by atoms with Crippen LogP contribution >= 0.6 is 11.6 Å². The summed E-state index contributed by atoms with van der Waals surface area (Å²) in [5.74, 6) is 0.444. The Morgan fingerprint density at radius 3 is 2.67 bits per heavy atom. The van der Waals surface area contributed by atoms with E-state index in [4.69, 9.17) is 16.3 Å². The van der Waals surface area contributed by atoms with Crippen molar-refractivity contribution in [1.29, 1.82) is 0 Å². The number of rotatable bonds is 3. The Bertz CT molecular complexity index is 622. The summed E-state index contributed by atoms with van der Waals surface area (Å²) in [4.78, 5) is 15.1. The van der Waals surface area contributed by atoms with Gasteiger partial charge in [-0.1, -0.05) is 11.6 Å². The maximum absolute atomic E-state index is 12.1. The second kappa shape index (κ2) is 6.19. The van der Waals surface area contributed by atoms with Crippen LogP contribution in [-0.2, 0) is 16.1 Å². The van der Waals surface area contributed by atoms with Crippen LogP contribution in [0.4, 0.5) is 0 Å². The number of nitrogens with zero attached hydrogens (tertiary/aromatic N) is 5. The van der Waals surface area contributed by atoms with Gasteiger partial charge in [-0.25, -0.2) is 0 Å². The number of carbonyl (C=O) groups excluding carboxylic acids is 1. The predicted molar refractivity (Wildman–Crippen MR) is 75.7 cm³/mol. The van der Waals surface area contributed by atoms with E-state index < -0.39 is 0 Å². The van der Waals surface area contributed by atoms with Gasteiger partial charge in [-0.15, -0.1) is 10.2 Å². The summed E-state index contributed by atoms with van der Waals surface area (Å²) >= 11 is 5.84. The number of morpholine rings is 1. The fourth-order valence-electron chi connectivity index (χ4n) is 2.06. The molecule has 1 amide bonds. The van der Waals surface area contributed by atoms with Crippen molar-refractivity contribution < 1.29 is 9.53 Å². The summed E-state index contributed by atoms with van der Waals surface area (Å²) in [6.45, 7) is 2.45. The lowest BCUT2D eigenvalue weighted by molar-refractivity contribution is -0.136. The first-order valence-corrected chi connectivity index (χ1v) is 6.99. The lowest BCUT2D eigenvalue weighted by Gasteiger charge is -2.26. The first-order valence-electron chi connectivity index (χ1n) is 6.61. The molecule has 3 rings (SSSR count). The van der Waals surface area contributed by atoms with Crippen molar-refractivity contribution in [1.82, 2.24) is 25.1 Å². The number of ether oxygens (including phenoxy) is 1. The maximum atomic E-state index is 12.1. The number of tetrazole rings is 1. The molecule has 1 saturated heterocycles. The van der Waals surface area contributed by atoms with E-state index in [0.717, 1.165) is 5.56 Å². The van der Waals surface area contributed by atoms with Crippen molar-refractivity contribution >= 4 is 17.5 Å². The van der Waals surface area contributed by atoms with Crippen molar-refractivity contribution in [2.45, 2.75) is 6.54 Å². The molecule has 110 valence electrons. The summed E-state index contributed by atoms with van der Waals surface area (Å²) < 4.78 is 5.22. The van der Waals surface area contributed by atoms with Gasteiger partial charge in [0.1, 0.15) is 6.54 Å². The zero-order valence-corrected chi connectivity index (χ0v) is 12.0. The zero-order valence-electron chi connectivity index (χ0n) is 11.3. The molecule has 1 aromatic heterocycles. The normalized spacial score (nSPS) is 15.2. The molecule has 8 heteroatoms. The molecule has 1 fully saturated rings. The van der Waals surface area contributed by atoms with Gasteiger partial charge in [-0.2, -0.15) is 4.80 Å². The van der Waals surface area contributed by atoms with Crippen LogP contribution in [0.3, 0.4) is 0 Å². The largest absolute Gasteiger partial charge is 0.378 e. The van der Waals surface area contributed by atoms with Gasteiger partial charge in [0.25, 0.3) is 0 Å². The summed E-state index contributed by atoms with van der Waals surface area (Å²) in [6.07, 6.45) is 0. The minimum Gasteiger partial charge on any atom is -0.378 e. The lowest BCUT2D eigenvalue weighted by Crippen LogP contribution is -2.42. The van der Waals surface area contributed by atoms with E-state index in [1.807, 2.05) is 12.1 Å². The Kier molecular flexibility index (Phi) is 4.12. The minimum atomic E-state index is -0.0293. The van der Waals surface area contributed by atoms with Crippen LogP contribution in [0.1, 0.15) is 0 Å². The van der Waals surface area contributed by atoms with Crippen molar-refractivity contribution in [3.63, 3.8) is 0 Å². The summed E-state index contributed by atoms with van der Waals surface area (Å²) in [6, 6.07) is 7.15. The molecular formula is C13H14ClN5O2. The quantitative estimate of drug-likeness (QED) is 0.840. The number of halogens is 1. The van der Waals surface area contributed by atoms with Crippen LogP contribution in [0.5, 0.6) is 0 Å². The van der Waals surface area contributed by atoms with Crippen LogP contribution in [0.25, 0.3) is 11.4 Å². The number of carbonyl (C=O) groups is 1. The third-order valence-electron chi connectivity index (χ3n) is 3.20. The van der Waals surface area contributed by atoms with E-state index in [1.165, 1.54) is 4.80 Å². The highest BCUT2D eigenvalue weighted by Gasteiger charge is 2.18. The highest BCUT2D eigenvalue weighted by Crippen LogP contribution is 2.16. The van der Waals surface area contributed by atoms with Gasteiger partial charge in [0.05, 0.1) is 13.2 Å². The van der Waals surface area contributed by atoms with Gasteiger partial charge in [0.15, 0.2) is 0 Å². The second-order valence-electron chi connectivity index (χ2n) is 4.64. The average molecular weight is 308 g/mol. The predicted octanol–water partition coefficient (Wildman–Crippen LogP) is 0.852. The van der Waals surface area contributed by atoms with Crippen molar-refractivity contribution in [3.8, 4) is 11.4 Å². The van der Waals surface area contributed by atoms with Gasteiger partial charge in [0.2, 0.25) is 11.7 Å². The molecular weight excluding hydrogens is 294 g/mol. The molecule has 0 radical (unpaired) electrons. The van der Waals surface area contributed by atoms with E-state index >= 15 is 0 Å². The topological polar surface area (TPSA) is 73.1 Å². The van der Waals surface area contributed by atoms with E-state index in [9.17, 15) is 4.79 Å². The fourth-order valence-corrected chi connectivity index (χ4v) is 2.18. The monoisotopic (exact) mass is 307 g/mol. The van der Waals surface area contributed by atoms with E-state index in [1.54, 1.807) is 17.0 Å². The van der Waals surface area contributed by atoms with Gasteiger partial charge in [-0.05, 0) is 29.5 Å². The molecule has 0 saturated carbocycles. The SMILES string of the molecule is O=C(Cn1nnc(-c2ccc(Cl)cc2)n1)N1CCOCC1. The van der Waals surface area contributed by atoms with Crippen molar-refractivity contribution in [2.75, 3.05) is 26.3 Å². The molecule has 1 aromatic carbocycles. The Morgan fingerprint density at radius 1 is 1.24 bits per heavy atom. The number of amides is 1. The maximum Gasteiger partial charge on any atom is 0.246 e. The van der Waals surface area contributed by atoms with Crippen molar-refractivity contribution in [3.05, 3.63) is 29.3 Å². The molecule has 0 bridgehead atoms. The Balaban J connectivity index is 1.67. The zero-order chi connectivity index (χ0) is 14.7. The number of hydrogen-bond acceptors (Lipinski definition) is 5. The summed E-state index contributed by atoms with van der Waals surface area (Å²) in [7, 11) is 0. The fraction of sp³-hybridized carbons (Fsp3) is 0.385. The molecule has 0 atom stereocenters. The molecule has 21 heavy (non-hydrogen) atoms. The highest BCUT2D eigenvalue weighted by atomic mass is 35.5. The minimum absolute atomic E-state index is 0.0293. The van der Waals surface area contributed by atoms with Crippen LogP contribution in [-0.4, -0.2) is 57.3 Å². The number of benzene rings is 1. The van der Waals surface area contributed by atoms with Crippen LogP contribution < -0.4 is 0 Å². The molecule has 7 nitrogen and oxygen atoms in total. The third-order valence-corrected chi connectivity index (χ3v) is 3.45. The Hall–Kier alpha value is -1.99. The van der Waals surface area contributed by atoms with Gasteiger partial charge < -0.3 is 9.64 Å². The lowest BCUT2D eigenvalue weighted by atomic mass is 10.2. The van der Waals surface area contributed by atoms with E-state index in [-0.39, 0.29) is 12.5 Å². The Morgan fingerprint density at radius 2 is 1.95 bits per heavy atom. The molecule has 2 aromatic rings. The third kappa shape index (κ3) is 3.37. The first kappa shape index (κ1) is 14.0. The van der Waals surface area contributed by atoms with Gasteiger partial charge >= 0.3 is 0 Å². The summed E-state index contributed by atoms with van der Waals surface area (Å²) in [5, 5.41) is 12.7. The van der Waals surface area contributed by atoms with Crippen LogP contribution in [0.2, 0.25) is 5.02 Å². The van der Waals surface area contributed by atoms with Crippen LogP contribution in [0.15, 0.2) is 24.3 Å². The highest BCUT2D eigenvalue weighted by molar-refractivity contribution is 6.30. The van der Waals surface area contributed by atoms with Gasteiger partial charge in [0, 0.05) is 23.7 Å². The second-order valence-corrected chi connectivity index (χ2v) is 5.08. The molecule has 1 aliphatic heterocycles. The molecule has 2 heterocycles. The number of aromatic nitrogens is 4. The standard InChI is InChI=1S/C13H14ClN5O2/c14-11-3-1-10(2-4-11)13-15-17-19(16-13)9-12(20)18-5-7-21-8-6-18/h1-4H,5-9H2. The molecule has 0 spiro atoms. The smallest absolute Gasteiger partial charge is 0.246 e. The summed E-state index contributed by atoms with van der Waals surface area (Å²) in [5.41, 5.74) is 0.810. The van der Waals surface area contributed by atoms with Gasteiger partial charge in [-0.3, -0.25) is 4.79 Å². The average Bonchev–Trinajstić information content (AvgIpc) is 2.97.